The van der Waals surface area contributed by atoms with Crippen LogP contribution in [0.3, 0.4) is 0 Å². The zero-order valence-corrected chi connectivity index (χ0v) is 13.3. The van der Waals surface area contributed by atoms with Crippen LogP contribution < -0.4 is 0 Å². The molecule has 0 fully saturated rings. The average Bonchev–Trinajstić information content (AvgIpc) is 2.63. The molecular formula is C10H12Fe2O11. The van der Waals surface area contributed by atoms with Crippen molar-refractivity contribution >= 4 is 51.8 Å². The minimum atomic E-state index is -4.71. The second-order valence-electron chi connectivity index (χ2n) is 3.19. The Morgan fingerprint density at radius 2 is 0.391 bits per heavy atom. The van der Waals surface area contributed by atoms with Crippen molar-refractivity contribution in [3.05, 3.63) is 0 Å². The number of hydrogen-bond donors (Lipinski definition) is 0. The van der Waals surface area contributed by atoms with E-state index in [0.29, 0.717) is 0 Å². The van der Waals surface area contributed by atoms with Crippen molar-refractivity contribution in [3.8, 4) is 0 Å². The van der Waals surface area contributed by atoms with Gasteiger partial charge in [0.15, 0.2) is 0 Å². The molecule has 13 heteroatoms. The molecule has 0 rings (SSSR count). The van der Waals surface area contributed by atoms with Gasteiger partial charge in [0.2, 0.25) is 0 Å². The Morgan fingerprint density at radius 3 is 0.391 bits per heavy atom. The van der Waals surface area contributed by atoms with Gasteiger partial charge in [-0.25, -0.2) is 0 Å². The molecular weight excluding hydrogens is 408 g/mol. The quantitative estimate of drug-likeness (QED) is 0.251. The van der Waals surface area contributed by atoms with Gasteiger partial charge in [-0.15, -0.1) is 0 Å². The van der Waals surface area contributed by atoms with E-state index < -0.39 is 23.6 Å². The van der Waals surface area contributed by atoms with Gasteiger partial charge in [-0.05, 0) is 0 Å². The van der Waals surface area contributed by atoms with Crippen LogP contribution in [-0.2, 0) is 71.5 Å². The summed E-state index contributed by atoms with van der Waals surface area (Å²) >= 11 is -9.41. The maximum absolute atomic E-state index is 10.2. The first-order valence-corrected chi connectivity index (χ1v) is 10.8. The van der Waals surface area contributed by atoms with Gasteiger partial charge in [0.25, 0.3) is 0 Å². The van der Waals surface area contributed by atoms with Crippen molar-refractivity contribution in [3.63, 3.8) is 0 Å². The molecule has 0 atom stereocenters. The Labute approximate surface area is 129 Å². The maximum atomic E-state index is 10.2. The van der Waals surface area contributed by atoms with Gasteiger partial charge in [0.1, 0.15) is 0 Å². The molecule has 0 radical (unpaired) electrons. The van der Waals surface area contributed by atoms with Gasteiger partial charge in [0.05, 0.1) is 0 Å². The molecule has 0 aliphatic carbocycles. The van der Waals surface area contributed by atoms with E-state index in [2.05, 4.69) is 0 Å². The van der Waals surface area contributed by atoms with Crippen LogP contribution in [0.4, 0.5) is 0 Å². The molecule has 0 aliphatic heterocycles. The zero-order valence-electron chi connectivity index (χ0n) is 11.1. The van der Waals surface area contributed by atoms with E-state index in [1.165, 1.54) is 0 Å². The first-order valence-electron chi connectivity index (χ1n) is 4.40. The molecule has 0 spiro atoms. The van der Waals surface area contributed by atoms with Crippen LogP contribution in [0.2, 0.25) is 0 Å². The number of hydrogen-bond acceptors (Lipinski definition) is 10. The van der Waals surface area contributed by atoms with Crippen LogP contribution >= 0.6 is 0 Å². The van der Waals surface area contributed by atoms with E-state index in [1.54, 1.807) is 0 Å². The van der Waals surface area contributed by atoms with Crippen molar-refractivity contribution in [2.24, 2.45) is 0 Å². The van der Waals surface area contributed by atoms with Crippen molar-refractivity contribution in [2.45, 2.75) is 0 Å². The minimum absolute atomic E-state index is 0. The van der Waals surface area contributed by atoms with E-state index >= 15 is 0 Å². The Bertz CT molecular complexity index is 389. The third-order valence-electron chi connectivity index (χ3n) is 1.92. The summed E-state index contributed by atoms with van der Waals surface area (Å²) in [5.74, 6) is 0. The summed E-state index contributed by atoms with van der Waals surface area (Å²) in [6.07, 6.45) is 0. The molecule has 0 saturated carbocycles. The number of carbonyl (C=O) groups excluding carboxylic acids is 10. The van der Waals surface area contributed by atoms with Gasteiger partial charge >= 0.3 is 123 Å². The normalized spacial score (nSPS) is 13.0. The van der Waals surface area contributed by atoms with Crippen molar-refractivity contribution in [1.82, 2.24) is 0 Å². The molecule has 0 aliphatic rings. The fraction of sp³-hybridized carbons (Fsp3) is 0. The van der Waals surface area contributed by atoms with Gasteiger partial charge < -0.3 is 5.48 Å². The fourth-order valence-corrected chi connectivity index (χ4v) is 1.62. The summed E-state index contributed by atoms with van der Waals surface area (Å²) in [5.41, 5.74) is 0. The predicted molar refractivity (Wildman–Crippen MR) is 71.1 cm³/mol. The average molecular weight is 420 g/mol. The summed E-state index contributed by atoms with van der Waals surface area (Å²) in [4.78, 5) is 102. The summed E-state index contributed by atoms with van der Waals surface area (Å²) < 4.78 is 0. The molecule has 0 aromatic carbocycles. The molecule has 0 aromatic heterocycles. The Morgan fingerprint density at radius 1 is 0.304 bits per heavy atom. The fourth-order valence-electron chi connectivity index (χ4n) is 0.393. The number of carbonyl (C=O) groups is 10. The van der Waals surface area contributed by atoms with E-state index in [4.69, 9.17) is 0 Å². The topological polar surface area (TPSA) is 202 Å². The molecule has 23 heavy (non-hydrogen) atoms. The van der Waals surface area contributed by atoms with E-state index in [0.717, 1.165) is 0 Å². The second-order valence-corrected chi connectivity index (χ2v) is 13.2. The molecule has 0 bridgehead atoms. The molecule has 134 valence electrons. The van der Waals surface area contributed by atoms with Crippen molar-refractivity contribution in [2.75, 3.05) is 0 Å². The Kier molecular flexibility index (Phi) is 10.0. The van der Waals surface area contributed by atoms with Crippen LogP contribution in [0.25, 0.3) is 0 Å². The van der Waals surface area contributed by atoms with E-state index in [1.807, 2.05) is 0 Å². The molecule has 0 aromatic rings. The molecule has 11 nitrogen and oxygen atoms in total. The molecule has 0 saturated heterocycles. The van der Waals surface area contributed by atoms with Crippen LogP contribution in [0.15, 0.2) is 0 Å². The SMILES string of the molecule is O.O=[CH][Fe]([CH]=O)([CH]=O)([CH]=O)[CH]=O.O=[CH][Fe]([CH]=O)([CH]=O)([CH]=O)[CH]=O. The Balaban J connectivity index is -0.000000333. The van der Waals surface area contributed by atoms with Crippen molar-refractivity contribution < 1.29 is 77.0 Å². The zero-order chi connectivity index (χ0) is 18.0. The van der Waals surface area contributed by atoms with Crippen molar-refractivity contribution in [1.29, 1.82) is 0 Å². The standard InChI is InChI=1S/10CHO.2Fe.H2O/c10*1-2;;;/h10*1H;;;1H2. The summed E-state index contributed by atoms with van der Waals surface area (Å²) in [6.45, 7) is 0. The molecule has 0 heterocycles. The Hall–Kier alpha value is -2.30. The van der Waals surface area contributed by atoms with Crippen LogP contribution in [0.1, 0.15) is 0 Å². The van der Waals surface area contributed by atoms with Gasteiger partial charge in [0, 0.05) is 0 Å². The molecule has 2 N–H and O–H groups in total. The first kappa shape index (κ1) is 25.6. The third kappa shape index (κ3) is 4.34. The predicted octanol–water partition coefficient (Wildman–Crippen LogP) is -3.57. The summed E-state index contributed by atoms with van der Waals surface area (Å²) in [7, 11) is 0. The van der Waals surface area contributed by atoms with E-state index in [9.17, 15) is 47.9 Å². The summed E-state index contributed by atoms with van der Waals surface area (Å²) in [5, 5.41) is -1.50. The number of rotatable bonds is 10. The second kappa shape index (κ2) is 8.98. The van der Waals surface area contributed by atoms with Gasteiger partial charge in [-0.1, -0.05) is 0 Å². The molecule has 0 amide bonds. The van der Waals surface area contributed by atoms with Gasteiger partial charge in [-0.2, -0.15) is 0 Å². The monoisotopic (exact) mass is 420 g/mol. The molecule has 0 unspecified atom stereocenters. The van der Waals surface area contributed by atoms with Crippen LogP contribution in [-0.4, -0.2) is 57.3 Å². The van der Waals surface area contributed by atoms with Gasteiger partial charge in [-0.3, -0.25) is 0 Å². The third-order valence-corrected chi connectivity index (χ3v) is 7.93. The van der Waals surface area contributed by atoms with Crippen LogP contribution in [0.5, 0.6) is 0 Å². The van der Waals surface area contributed by atoms with E-state index in [-0.39, 0.29) is 57.3 Å². The first-order chi connectivity index (χ1) is 10.2. The summed E-state index contributed by atoms with van der Waals surface area (Å²) in [6, 6.07) is 0. The van der Waals surface area contributed by atoms with Crippen LogP contribution in [0, 0.1) is 0 Å².